The third kappa shape index (κ3) is 1.82. The molecule has 3 rings (SSSR count). The first-order valence-electron chi connectivity index (χ1n) is 6.31. The predicted octanol–water partition coefficient (Wildman–Crippen LogP) is 3.88. The molecule has 0 aliphatic heterocycles. The zero-order valence-electron chi connectivity index (χ0n) is 10.7. The van der Waals surface area contributed by atoms with Crippen molar-refractivity contribution in [1.29, 1.82) is 0 Å². The fraction of sp³-hybridized carbons (Fsp3) is 0.267. The molecule has 3 nitrogen and oxygen atoms in total. The van der Waals surface area contributed by atoms with E-state index < -0.39 is 0 Å². The molecule has 0 saturated heterocycles. The molecule has 2 heterocycles. The summed E-state index contributed by atoms with van der Waals surface area (Å²) in [6.07, 6.45) is 6.02. The van der Waals surface area contributed by atoms with Crippen LogP contribution in [0.5, 0.6) is 0 Å². The van der Waals surface area contributed by atoms with Gasteiger partial charge >= 0.3 is 0 Å². The smallest absolute Gasteiger partial charge is 0.195 e. The van der Waals surface area contributed by atoms with Crippen molar-refractivity contribution >= 4 is 11.1 Å². The van der Waals surface area contributed by atoms with E-state index in [0.717, 1.165) is 41.1 Å². The molecule has 0 amide bonds. The van der Waals surface area contributed by atoms with Crippen LogP contribution in [0.1, 0.15) is 24.8 Å². The van der Waals surface area contributed by atoms with Gasteiger partial charge in [0.2, 0.25) is 0 Å². The molecule has 92 valence electrons. The van der Waals surface area contributed by atoms with E-state index in [4.69, 9.17) is 4.42 Å². The lowest BCUT2D eigenvalue weighted by Gasteiger charge is -2.03. The predicted molar refractivity (Wildman–Crippen MR) is 72.1 cm³/mol. The molecular weight excluding hydrogens is 224 g/mol. The number of fused-ring (bicyclic) bond motifs is 1. The molecule has 3 heteroatoms. The van der Waals surface area contributed by atoms with Gasteiger partial charge in [-0.1, -0.05) is 6.92 Å². The SMILES string of the molecule is CCCc1nc2cc(-n3cccc3)cc(C)c2o1. The van der Waals surface area contributed by atoms with Crippen molar-refractivity contribution in [2.45, 2.75) is 26.7 Å². The number of aromatic nitrogens is 2. The number of benzene rings is 1. The van der Waals surface area contributed by atoms with Gasteiger partial charge in [0.1, 0.15) is 5.52 Å². The topological polar surface area (TPSA) is 31.0 Å². The van der Waals surface area contributed by atoms with Gasteiger partial charge in [0.15, 0.2) is 11.5 Å². The lowest BCUT2D eigenvalue weighted by Crippen LogP contribution is -1.90. The average Bonchev–Trinajstić information content (AvgIpc) is 2.97. The summed E-state index contributed by atoms with van der Waals surface area (Å²) < 4.78 is 7.88. The molecule has 3 aromatic rings. The fourth-order valence-corrected chi connectivity index (χ4v) is 2.20. The Hall–Kier alpha value is -2.03. The van der Waals surface area contributed by atoms with Crippen LogP contribution in [0.4, 0.5) is 0 Å². The first-order chi connectivity index (χ1) is 8.78. The van der Waals surface area contributed by atoms with Crippen LogP contribution in [0.25, 0.3) is 16.8 Å². The summed E-state index contributed by atoms with van der Waals surface area (Å²) in [6, 6.07) is 8.24. The van der Waals surface area contributed by atoms with Gasteiger partial charge in [-0.2, -0.15) is 0 Å². The average molecular weight is 240 g/mol. The van der Waals surface area contributed by atoms with Gasteiger partial charge in [0, 0.05) is 24.5 Å². The van der Waals surface area contributed by atoms with Crippen molar-refractivity contribution in [1.82, 2.24) is 9.55 Å². The highest BCUT2D eigenvalue weighted by Crippen LogP contribution is 2.24. The quantitative estimate of drug-likeness (QED) is 0.695. The summed E-state index contributed by atoms with van der Waals surface area (Å²) >= 11 is 0. The monoisotopic (exact) mass is 240 g/mol. The standard InChI is InChI=1S/C15H16N2O/c1-3-6-14-16-13-10-12(17-7-4-5-8-17)9-11(2)15(13)18-14/h4-5,7-10H,3,6H2,1-2H3. The van der Waals surface area contributed by atoms with Crippen molar-refractivity contribution in [3.8, 4) is 5.69 Å². The van der Waals surface area contributed by atoms with E-state index in [0.29, 0.717) is 0 Å². The van der Waals surface area contributed by atoms with Gasteiger partial charge in [-0.15, -0.1) is 0 Å². The number of hydrogen-bond donors (Lipinski definition) is 0. The number of nitrogens with zero attached hydrogens (tertiary/aromatic N) is 2. The van der Waals surface area contributed by atoms with Crippen LogP contribution in [-0.2, 0) is 6.42 Å². The van der Waals surface area contributed by atoms with E-state index in [1.165, 1.54) is 0 Å². The van der Waals surface area contributed by atoms with E-state index in [2.05, 4.69) is 35.5 Å². The molecule has 0 aliphatic rings. The fourth-order valence-electron chi connectivity index (χ4n) is 2.20. The highest BCUT2D eigenvalue weighted by atomic mass is 16.3. The first kappa shape index (κ1) is 11.1. The van der Waals surface area contributed by atoms with Gasteiger partial charge in [-0.3, -0.25) is 0 Å². The zero-order valence-corrected chi connectivity index (χ0v) is 10.7. The van der Waals surface area contributed by atoms with Gasteiger partial charge in [-0.25, -0.2) is 4.98 Å². The zero-order chi connectivity index (χ0) is 12.5. The molecule has 0 radical (unpaired) electrons. The first-order valence-corrected chi connectivity index (χ1v) is 6.31. The van der Waals surface area contributed by atoms with E-state index >= 15 is 0 Å². The Bertz CT molecular complexity index is 665. The maximum Gasteiger partial charge on any atom is 0.195 e. The number of rotatable bonds is 3. The summed E-state index contributed by atoms with van der Waals surface area (Å²) in [6.45, 7) is 4.20. The van der Waals surface area contributed by atoms with E-state index in [1.54, 1.807) is 0 Å². The molecule has 18 heavy (non-hydrogen) atoms. The highest BCUT2D eigenvalue weighted by Gasteiger charge is 2.09. The molecule has 0 fully saturated rings. The van der Waals surface area contributed by atoms with Crippen LogP contribution in [-0.4, -0.2) is 9.55 Å². The van der Waals surface area contributed by atoms with E-state index in [9.17, 15) is 0 Å². The number of aryl methyl sites for hydroxylation is 2. The summed E-state index contributed by atoms with van der Waals surface area (Å²) in [7, 11) is 0. The maximum absolute atomic E-state index is 5.79. The third-order valence-corrected chi connectivity index (χ3v) is 3.07. The molecule has 0 atom stereocenters. The van der Waals surface area contributed by atoms with Gasteiger partial charge in [0.25, 0.3) is 0 Å². The van der Waals surface area contributed by atoms with Gasteiger partial charge in [0.05, 0.1) is 0 Å². The van der Waals surface area contributed by atoms with Crippen LogP contribution >= 0.6 is 0 Å². The Morgan fingerprint density at radius 2 is 2.00 bits per heavy atom. The molecule has 0 spiro atoms. The molecule has 0 N–H and O–H groups in total. The number of oxazole rings is 1. The minimum atomic E-state index is 0.834. The molecule has 0 saturated carbocycles. The summed E-state index contributed by atoms with van der Waals surface area (Å²) in [4.78, 5) is 4.55. The Kier molecular flexibility index (Phi) is 2.67. The Balaban J connectivity index is 2.14. The van der Waals surface area contributed by atoms with Crippen molar-refractivity contribution in [3.63, 3.8) is 0 Å². The second-order valence-corrected chi connectivity index (χ2v) is 4.56. The van der Waals surface area contributed by atoms with E-state index in [1.807, 2.05) is 24.5 Å². The van der Waals surface area contributed by atoms with Crippen LogP contribution in [0, 0.1) is 6.92 Å². The third-order valence-electron chi connectivity index (χ3n) is 3.07. The molecule has 0 unspecified atom stereocenters. The van der Waals surface area contributed by atoms with Gasteiger partial charge in [-0.05, 0) is 43.2 Å². The highest BCUT2D eigenvalue weighted by molar-refractivity contribution is 5.79. The number of hydrogen-bond acceptors (Lipinski definition) is 2. The lowest BCUT2D eigenvalue weighted by molar-refractivity contribution is 0.524. The van der Waals surface area contributed by atoms with Crippen LogP contribution < -0.4 is 0 Å². The van der Waals surface area contributed by atoms with Crippen molar-refractivity contribution in [2.24, 2.45) is 0 Å². The van der Waals surface area contributed by atoms with Crippen LogP contribution in [0.15, 0.2) is 41.1 Å². The van der Waals surface area contributed by atoms with Crippen molar-refractivity contribution < 1.29 is 4.42 Å². The van der Waals surface area contributed by atoms with Crippen molar-refractivity contribution in [3.05, 3.63) is 48.1 Å². The Morgan fingerprint density at radius 1 is 1.22 bits per heavy atom. The van der Waals surface area contributed by atoms with Gasteiger partial charge < -0.3 is 8.98 Å². The largest absolute Gasteiger partial charge is 0.440 e. The minimum absolute atomic E-state index is 0.834. The molecular formula is C15H16N2O. The molecule has 0 bridgehead atoms. The summed E-state index contributed by atoms with van der Waals surface area (Å²) in [5, 5.41) is 0. The second-order valence-electron chi connectivity index (χ2n) is 4.56. The minimum Gasteiger partial charge on any atom is -0.440 e. The maximum atomic E-state index is 5.79. The summed E-state index contributed by atoms with van der Waals surface area (Å²) in [5.74, 6) is 0.834. The molecule has 0 aliphatic carbocycles. The van der Waals surface area contributed by atoms with Crippen LogP contribution in [0.3, 0.4) is 0 Å². The lowest BCUT2D eigenvalue weighted by atomic mass is 10.2. The van der Waals surface area contributed by atoms with Crippen LogP contribution in [0.2, 0.25) is 0 Å². The Morgan fingerprint density at radius 3 is 2.72 bits per heavy atom. The molecule has 2 aromatic heterocycles. The molecule has 1 aromatic carbocycles. The normalized spacial score (nSPS) is 11.2. The summed E-state index contributed by atoms with van der Waals surface area (Å²) in [5.41, 5.74) is 4.11. The van der Waals surface area contributed by atoms with E-state index in [-0.39, 0.29) is 0 Å². The second kappa shape index (κ2) is 4.33. The van der Waals surface area contributed by atoms with Crippen molar-refractivity contribution in [2.75, 3.05) is 0 Å². The Labute approximate surface area is 106 Å².